The highest BCUT2D eigenvalue weighted by atomic mass is 35.5. The number of carbonyl (C=O) groups is 1. The van der Waals surface area contributed by atoms with Gasteiger partial charge in [0.25, 0.3) is 5.91 Å². The molecular weight excluding hydrogens is 374 g/mol. The van der Waals surface area contributed by atoms with Crippen molar-refractivity contribution in [1.29, 1.82) is 0 Å². The molecule has 0 unspecified atom stereocenters. The highest BCUT2D eigenvalue weighted by Crippen LogP contribution is 2.34. The molecule has 8 heteroatoms. The monoisotopic (exact) mass is 390 g/mol. The van der Waals surface area contributed by atoms with E-state index in [0.717, 1.165) is 17.0 Å². The number of carbonyl (C=O) groups excluding carboxylic acids is 1. The molecule has 2 aromatic heterocycles. The molecule has 140 valence electrons. The number of hydrogen-bond donors (Lipinski definition) is 2. The van der Waals surface area contributed by atoms with Crippen LogP contribution in [0.4, 0.5) is 14.5 Å². The molecule has 1 aliphatic heterocycles. The van der Waals surface area contributed by atoms with E-state index >= 15 is 0 Å². The van der Waals surface area contributed by atoms with E-state index in [0.29, 0.717) is 31.6 Å². The number of benzene rings is 1. The van der Waals surface area contributed by atoms with E-state index in [1.807, 2.05) is 6.20 Å². The molecule has 1 aliphatic rings. The van der Waals surface area contributed by atoms with Crippen LogP contribution in [0.2, 0.25) is 5.02 Å². The Bertz CT molecular complexity index is 1030. The van der Waals surface area contributed by atoms with Gasteiger partial charge in [0.05, 0.1) is 16.8 Å². The molecule has 3 heterocycles. The summed E-state index contributed by atoms with van der Waals surface area (Å²) in [6, 6.07) is 3.81. The maximum absolute atomic E-state index is 13.7. The van der Waals surface area contributed by atoms with E-state index < -0.39 is 5.82 Å². The van der Waals surface area contributed by atoms with Crippen LogP contribution in [0, 0.1) is 11.6 Å². The lowest BCUT2D eigenvalue weighted by atomic mass is 9.89. The summed E-state index contributed by atoms with van der Waals surface area (Å²) in [7, 11) is 0. The SMILES string of the molecule is Nc1cc(Cl)c(F)cc1C(=O)N1CCC(c2c[nH]c3ncc(F)cc23)CC1. The first kappa shape index (κ1) is 17.7. The number of anilines is 1. The minimum absolute atomic E-state index is 0.108. The van der Waals surface area contributed by atoms with Crippen LogP contribution in [0.25, 0.3) is 11.0 Å². The zero-order chi connectivity index (χ0) is 19.1. The number of aromatic amines is 1. The smallest absolute Gasteiger partial charge is 0.256 e. The number of amides is 1. The first-order valence-electron chi connectivity index (χ1n) is 8.60. The Balaban J connectivity index is 1.51. The summed E-state index contributed by atoms with van der Waals surface area (Å²) >= 11 is 5.70. The number of piperidine rings is 1. The Morgan fingerprint density at radius 1 is 1.26 bits per heavy atom. The van der Waals surface area contributed by atoms with Crippen molar-refractivity contribution in [3.8, 4) is 0 Å². The van der Waals surface area contributed by atoms with Crippen LogP contribution in [0.15, 0.2) is 30.6 Å². The lowest BCUT2D eigenvalue weighted by Gasteiger charge is -2.32. The summed E-state index contributed by atoms with van der Waals surface area (Å²) in [5, 5.41) is 0.659. The van der Waals surface area contributed by atoms with E-state index in [2.05, 4.69) is 9.97 Å². The molecule has 0 spiro atoms. The Hall–Kier alpha value is -2.67. The Morgan fingerprint density at radius 2 is 2.00 bits per heavy atom. The number of nitrogens with zero attached hydrogens (tertiary/aromatic N) is 2. The number of likely N-dealkylation sites (tertiary alicyclic amines) is 1. The van der Waals surface area contributed by atoms with Crippen LogP contribution in [0.5, 0.6) is 0 Å². The Morgan fingerprint density at radius 3 is 2.74 bits per heavy atom. The number of nitrogens with one attached hydrogen (secondary N) is 1. The number of pyridine rings is 1. The molecule has 1 saturated heterocycles. The first-order chi connectivity index (χ1) is 12.9. The van der Waals surface area contributed by atoms with Crippen molar-refractivity contribution in [2.75, 3.05) is 18.8 Å². The molecule has 0 saturated carbocycles. The van der Waals surface area contributed by atoms with E-state index in [4.69, 9.17) is 17.3 Å². The quantitative estimate of drug-likeness (QED) is 0.647. The predicted octanol–water partition coefficient (Wildman–Crippen LogP) is 4.10. The maximum Gasteiger partial charge on any atom is 0.256 e. The fourth-order valence-corrected chi connectivity index (χ4v) is 3.82. The zero-order valence-corrected chi connectivity index (χ0v) is 15.1. The van der Waals surface area contributed by atoms with Gasteiger partial charge < -0.3 is 15.6 Å². The van der Waals surface area contributed by atoms with Crippen molar-refractivity contribution in [3.63, 3.8) is 0 Å². The Kier molecular flexibility index (Phi) is 4.47. The Labute approximate surface area is 159 Å². The van der Waals surface area contributed by atoms with Crippen molar-refractivity contribution in [3.05, 3.63) is 58.4 Å². The van der Waals surface area contributed by atoms with E-state index in [1.54, 1.807) is 4.90 Å². The second-order valence-corrected chi connectivity index (χ2v) is 7.12. The number of fused-ring (bicyclic) bond motifs is 1. The van der Waals surface area contributed by atoms with Gasteiger partial charge >= 0.3 is 0 Å². The third kappa shape index (κ3) is 3.23. The highest BCUT2D eigenvalue weighted by molar-refractivity contribution is 6.31. The number of nitrogen functional groups attached to an aromatic ring is 1. The molecule has 0 atom stereocenters. The van der Waals surface area contributed by atoms with Crippen molar-refractivity contribution in [1.82, 2.24) is 14.9 Å². The maximum atomic E-state index is 13.7. The molecule has 1 aromatic carbocycles. The second kappa shape index (κ2) is 6.81. The second-order valence-electron chi connectivity index (χ2n) is 6.71. The molecule has 3 N–H and O–H groups in total. The number of hydrogen-bond acceptors (Lipinski definition) is 3. The van der Waals surface area contributed by atoms with Gasteiger partial charge in [-0.3, -0.25) is 4.79 Å². The van der Waals surface area contributed by atoms with Gasteiger partial charge in [-0.25, -0.2) is 13.8 Å². The van der Waals surface area contributed by atoms with Crippen LogP contribution in [-0.4, -0.2) is 33.9 Å². The van der Waals surface area contributed by atoms with Crippen LogP contribution < -0.4 is 5.73 Å². The average Bonchev–Trinajstić information content (AvgIpc) is 3.07. The predicted molar refractivity (Wildman–Crippen MR) is 99.8 cm³/mol. The van der Waals surface area contributed by atoms with Gasteiger partial charge in [-0.1, -0.05) is 11.6 Å². The summed E-state index contributed by atoms with van der Waals surface area (Å²) in [5.41, 5.74) is 7.76. The van der Waals surface area contributed by atoms with Gasteiger partial charge in [0.2, 0.25) is 0 Å². The zero-order valence-electron chi connectivity index (χ0n) is 14.3. The van der Waals surface area contributed by atoms with Gasteiger partial charge in [0, 0.05) is 30.4 Å². The van der Waals surface area contributed by atoms with Gasteiger partial charge in [-0.05, 0) is 42.5 Å². The number of halogens is 3. The van der Waals surface area contributed by atoms with Gasteiger partial charge in [-0.15, -0.1) is 0 Å². The fraction of sp³-hybridized carbons (Fsp3) is 0.263. The summed E-state index contributed by atoms with van der Waals surface area (Å²) in [6.07, 6.45) is 4.46. The molecule has 4 rings (SSSR count). The minimum Gasteiger partial charge on any atom is -0.398 e. The van der Waals surface area contributed by atoms with Crippen LogP contribution in [0.3, 0.4) is 0 Å². The van der Waals surface area contributed by atoms with Crippen LogP contribution >= 0.6 is 11.6 Å². The third-order valence-electron chi connectivity index (χ3n) is 5.07. The van der Waals surface area contributed by atoms with Crippen molar-refractivity contribution in [2.45, 2.75) is 18.8 Å². The highest BCUT2D eigenvalue weighted by Gasteiger charge is 2.27. The van der Waals surface area contributed by atoms with E-state index in [9.17, 15) is 13.6 Å². The lowest BCUT2D eigenvalue weighted by molar-refractivity contribution is 0.0714. The standard InChI is InChI=1S/C19H17ClF2N4O/c20-15-7-17(23)13(6-16(15)22)19(27)26-3-1-10(2-4-26)14-9-25-18-12(14)5-11(21)8-24-18/h5-10H,1-4,23H2,(H,24,25). The topological polar surface area (TPSA) is 75.0 Å². The summed E-state index contributed by atoms with van der Waals surface area (Å²) in [4.78, 5) is 21.5. The third-order valence-corrected chi connectivity index (χ3v) is 5.36. The van der Waals surface area contributed by atoms with Crippen molar-refractivity contribution < 1.29 is 13.6 Å². The molecule has 5 nitrogen and oxygen atoms in total. The molecule has 0 radical (unpaired) electrons. The number of H-pyrrole nitrogens is 1. The van der Waals surface area contributed by atoms with Crippen LogP contribution in [-0.2, 0) is 0 Å². The van der Waals surface area contributed by atoms with E-state index in [1.165, 1.54) is 18.3 Å². The minimum atomic E-state index is -0.669. The molecular formula is C19H17ClF2N4O. The van der Waals surface area contributed by atoms with E-state index in [-0.39, 0.29) is 33.9 Å². The number of aromatic nitrogens is 2. The largest absolute Gasteiger partial charge is 0.398 e. The fourth-order valence-electron chi connectivity index (χ4n) is 3.65. The lowest BCUT2D eigenvalue weighted by Crippen LogP contribution is -2.38. The number of nitrogens with two attached hydrogens (primary N) is 1. The molecule has 27 heavy (non-hydrogen) atoms. The summed E-state index contributed by atoms with van der Waals surface area (Å²) < 4.78 is 27.3. The first-order valence-corrected chi connectivity index (χ1v) is 8.98. The van der Waals surface area contributed by atoms with Crippen molar-refractivity contribution in [2.24, 2.45) is 0 Å². The molecule has 0 bridgehead atoms. The summed E-state index contributed by atoms with van der Waals surface area (Å²) in [5.74, 6) is -1.17. The number of rotatable bonds is 2. The normalized spacial score (nSPS) is 15.4. The van der Waals surface area contributed by atoms with Crippen molar-refractivity contribution >= 4 is 34.2 Å². The molecule has 1 fully saturated rings. The average molecular weight is 391 g/mol. The molecule has 0 aliphatic carbocycles. The van der Waals surface area contributed by atoms with Gasteiger partial charge in [0.1, 0.15) is 17.3 Å². The van der Waals surface area contributed by atoms with Crippen LogP contribution in [0.1, 0.15) is 34.7 Å². The van der Waals surface area contributed by atoms with Gasteiger partial charge in [0.15, 0.2) is 0 Å². The molecule has 3 aromatic rings. The molecule has 1 amide bonds. The van der Waals surface area contributed by atoms with Gasteiger partial charge in [-0.2, -0.15) is 0 Å². The summed E-state index contributed by atoms with van der Waals surface area (Å²) in [6.45, 7) is 1.01.